The van der Waals surface area contributed by atoms with Crippen LogP contribution in [0.4, 0.5) is 0 Å². The number of rotatable bonds is 4. The van der Waals surface area contributed by atoms with E-state index in [9.17, 15) is 8.42 Å². The van der Waals surface area contributed by atoms with Gasteiger partial charge in [0.2, 0.25) is 10.0 Å². The molecule has 0 heterocycles. The van der Waals surface area contributed by atoms with Crippen LogP contribution >= 0.6 is 23.2 Å². The average Bonchev–Trinajstić information content (AvgIpc) is 2.38. The molecular formula is C14H13Cl2NO3S. The van der Waals surface area contributed by atoms with Gasteiger partial charge in [-0.3, -0.25) is 0 Å². The lowest BCUT2D eigenvalue weighted by atomic mass is 10.1. The highest BCUT2D eigenvalue weighted by Crippen LogP contribution is 2.33. The molecule has 0 unspecified atom stereocenters. The normalized spacial score (nSPS) is 11.4. The summed E-state index contributed by atoms with van der Waals surface area (Å²) in [7, 11) is -3.92. The van der Waals surface area contributed by atoms with E-state index in [1.54, 1.807) is 0 Å². The van der Waals surface area contributed by atoms with Crippen LogP contribution in [0.5, 0.6) is 5.75 Å². The largest absolute Gasteiger partial charge is 0.487 e. The number of primary sulfonamides is 1. The van der Waals surface area contributed by atoms with E-state index in [-0.39, 0.29) is 14.9 Å². The number of halogens is 2. The SMILES string of the molecule is Cc1cccc(COc2cc(Cl)c(S(N)(=O)=O)cc2Cl)c1. The molecule has 2 rings (SSSR count). The second kappa shape index (κ2) is 6.23. The highest BCUT2D eigenvalue weighted by Gasteiger charge is 2.16. The number of benzene rings is 2. The molecule has 112 valence electrons. The highest BCUT2D eigenvalue weighted by molar-refractivity contribution is 7.89. The third-order valence-corrected chi connectivity index (χ3v) is 4.44. The standard InChI is InChI=1S/C14H13Cl2NO3S/c1-9-3-2-4-10(5-9)8-20-13-6-12(16)14(7-11(13)15)21(17,18)19/h2-7H,8H2,1H3,(H2,17,18,19). The smallest absolute Gasteiger partial charge is 0.239 e. The molecule has 2 aromatic rings. The number of aryl methyl sites for hydroxylation is 1. The van der Waals surface area contributed by atoms with Gasteiger partial charge in [0.15, 0.2) is 0 Å². The summed E-state index contributed by atoms with van der Waals surface area (Å²) in [5.41, 5.74) is 2.09. The van der Waals surface area contributed by atoms with Crippen molar-refractivity contribution in [1.82, 2.24) is 0 Å². The Morgan fingerprint density at radius 3 is 2.48 bits per heavy atom. The number of hydrogen-bond acceptors (Lipinski definition) is 3. The Bertz CT molecular complexity index is 776. The number of ether oxygens (including phenoxy) is 1. The van der Waals surface area contributed by atoms with E-state index in [2.05, 4.69) is 0 Å². The van der Waals surface area contributed by atoms with Crippen molar-refractivity contribution in [3.63, 3.8) is 0 Å². The third kappa shape index (κ3) is 4.11. The van der Waals surface area contributed by atoms with Gasteiger partial charge >= 0.3 is 0 Å². The fourth-order valence-corrected chi connectivity index (χ4v) is 3.17. The fourth-order valence-electron chi connectivity index (χ4n) is 1.80. The molecule has 4 nitrogen and oxygen atoms in total. The Kier molecular flexibility index (Phi) is 4.78. The average molecular weight is 346 g/mol. The molecule has 0 bridgehead atoms. The zero-order valence-electron chi connectivity index (χ0n) is 11.1. The van der Waals surface area contributed by atoms with E-state index in [1.807, 2.05) is 31.2 Å². The Labute approximate surface area is 133 Å². The van der Waals surface area contributed by atoms with Gasteiger partial charge < -0.3 is 4.74 Å². The number of sulfonamides is 1. The summed E-state index contributed by atoms with van der Waals surface area (Å²) in [5, 5.41) is 5.16. The summed E-state index contributed by atoms with van der Waals surface area (Å²) in [4.78, 5) is -0.225. The van der Waals surface area contributed by atoms with Crippen LogP contribution in [0.25, 0.3) is 0 Å². The van der Waals surface area contributed by atoms with Crippen LogP contribution in [-0.2, 0) is 16.6 Å². The topological polar surface area (TPSA) is 69.4 Å². The maximum absolute atomic E-state index is 11.3. The monoisotopic (exact) mass is 345 g/mol. The van der Waals surface area contributed by atoms with Gasteiger partial charge in [0.05, 0.1) is 10.0 Å². The minimum Gasteiger partial charge on any atom is -0.487 e. The van der Waals surface area contributed by atoms with Crippen LogP contribution in [0.1, 0.15) is 11.1 Å². The van der Waals surface area contributed by atoms with Crippen LogP contribution in [0.2, 0.25) is 10.0 Å². The molecule has 0 radical (unpaired) electrons. The van der Waals surface area contributed by atoms with Crippen molar-refractivity contribution >= 4 is 33.2 Å². The second-order valence-electron chi connectivity index (χ2n) is 4.54. The Morgan fingerprint density at radius 1 is 1.14 bits per heavy atom. The molecule has 2 aromatic carbocycles. The van der Waals surface area contributed by atoms with E-state index >= 15 is 0 Å². The molecule has 2 N–H and O–H groups in total. The van der Waals surface area contributed by atoms with E-state index in [0.29, 0.717) is 12.4 Å². The molecule has 0 fully saturated rings. The highest BCUT2D eigenvalue weighted by atomic mass is 35.5. The van der Waals surface area contributed by atoms with Gasteiger partial charge in [-0.25, -0.2) is 13.6 Å². The maximum Gasteiger partial charge on any atom is 0.239 e. The summed E-state index contributed by atoms with van der Waals surface area (Å²) in [5.74, 6) is 0.301. The van der Waals surface area contributed by atoms with E-state index in [4.69, 9.17) is 33.1 Å². The van der Waals surface area contributed by atoms with Crippen LogP contribution in [0, 0.1) is 6.92 Å². The van der Waals surface area contributed by atoms with Crippen LogP contribution in [0.15, 0.2) is 41.3 Å². The lowest BCUT2D eigenvalue weighted by molar-refractivity contribution is 0.306. The molecule has 0 atom stereocenters. The predicted octanol–water partition coefficient (Wildman–Crippen LogP) is 3.53. The summed E-state index contributed by atoms with van der Waals surface area (Å²) >= 11 is 11.9. The number of nitrogens with two attached hydrogens (primary N) is 1. The lowest BCUT2D eigenvalue weighted by Crippen LogP contribution is -2.13. The lowest BCUT2D eigenvalue weighted by Gasteiger charge is -2.11. The van der Waals surface area contributed by atoms with Gasteiger partial charge in [0.1, 0.15) is 17.3 Å². The quantitative estimate of drug-likeness (QED) is 0.921. The first kappa shape index (κ1) is 16.1. The maximum atomic E-state index is 11.3. The van der Waals surface area contributed by atoms with Crippen LogP contribution < -0.4 is 9.88 Å². The number of hydrogen-bond donors (Lipinski definition) is 1. The molecule has 0 aliphatic carbocycles. The molecule has 0 saturated heterocycles. The Balaban J connectivity index is 2.24. The van der Waals surface area contributed by atoms with Crippen molar-refractivity contribution in [1.29, 1.82) is 0 Å². The van der Waals surface area contributed by atoms with Crippen LogP contribution in [0.3, 0.4) is 0 Å². The van der Waals surface area contributed by atoms with Gasteiger partial charge in [-0.15, -0.1) is 0 Å². The van der Waals surface area contributed by atoms with Gasteiger partial charge in [0.25, 0.3) is 0 Å². The molecule has 0 saturated carbocycles. The summed E-state index contributed by atoms with van der Waals surface area (Å²) < 4.78 is 28.2. The molecule has 7 heteroatoms. The van der Waals surface area contributed by atoms with Crippen molar-refractivity contribution < 1.29 is 13.2 Å². The Hall–Kier alpha value is -1.27. The first-order valence-electron chi connectivity index (χ1n) is 5.97. The molecule has 0 amide bonds. The van der Waals surface area contributed by atoms with E-state index in [0.717, 1.165) is 11.1 Å². The van der Waals surface area contributed by atoms with Crippen LogP contribution in [-0.4, -0.2) is 8.42 Å². The van der Waals surface area contributed by atoms with Gasteiger partial charge in [0, 0.05) is 6.07 Å². The molecule has 21 heavy (non-hydrogen) atoms. The molecule has 0 aromatic heterocycles. The zero-order chi connectivity index (χ0) is 15.6. The summed E-state index contributed by atoms with van der Waals surface area (Å²) in [6.07, 6.45) is 0. The molecule has 0 aliphatic heterocycles. The van der Waals surface area contributed by atoms with Crippen molar-refractivity contribution in [2.24, 2.45) is 5.14 Å². The van der Waals surface area contributed by atoms with E-state index in [1.165, 1.54) is 12.1 Å². The Morgan fingerprint density at radius 2 is 1.86 bits per heavy atom. The summed E-state index contributed by atoms with van der Waals surface area (Å²) in [6, 6.07) is 10.3. The first-order chi connectivity index (χ1) is 9.77. The minimum absolute atomic E-state index is 0.0267. The molecule has 0 spiro atoms. The zero-order valence-corrected chi connectivity index (χ0v) is 13.5. The van der Waals surface area contributed by atoms with Gasteiger partial charge in [-0.2, -0.15) is 0 Å². The van der Waals surface area contributed by atoms with Crippen molar-refractivity contribution in [2.75, 3.05) is 0 Å². The van der Waals surface area contributed by atoms with Gasteiger partial charge in [-0.1, -0.05) is 53.0 Å². The molecular weight excluding hydrogens is 333 g/mol. The fraction of sp³-hybridized carbons (Fsp3) is 0.143. The minimum atomic E-state index is -3.92. The molecule has 0 aliphatic rings. The third-order valence-electron chi connectivity index (χ3n) is 2.77. The predicted molar refractivity (Wildman–Crippen MR) is 83.3 cm³/mol. The van der Waals surface area contributed by atoms with Gasteiger partial charge in [-0.05, 0) is 18.6 Å². The summed E-state index contributed by atoms with van der Waals surface area (Å²) in [6.45, 7) is 2.28. The second-order valence-corrected chi connectivity index (χ2v) is 6.88. The van der Waals surface area contributed by atoms with Crippen molar-refractivity contribution in [3.05, 3.63) is 57.6 Å². The van der Waals surface area contributed by atoms with Crippen molar-refractivity contribution in [2.45, 2.75) is 18.4 Å². The first-order valence-corrected chi connectivity index (χ1v) is 8.28. The van der Waals surface area contributed by atoms with E-state index < -0.39 is 10.0 Å². The van der Waals surface area contributed by atoms with Crippen molar-refractivity contribution in [3.8, 4) is 5.75 Å².